The van der Waals surface area contributed by atoms with Gasteiger partial charge in [-0.1, -0.05) is 36.4 Å². The van der Waals surface area contributed by atoms with Gasteiger partial charge in [0.25, 0.3) is 5.91 Å². The van der Waals surface area contributed by atoms with Crippen LogP contribution in [0.4, 0.5) is 0 Å². The second-order valence-electron chi connectivity index (χ2n) is 7.33. The van der Waals surface area contributed by atoms with E-state index in [4.69, 9.17) is 14.4 Å². The number of hydroxylamine groups is 3. The van der Waals surface area contributed by atoms with Crippen LogP contribution in [-0.4, -0.2) is 44.5 Å². The quantitative estimate of drug-likeness (QED) is 0.313. The molecule has 1 amide bonds. The number of nitrogens with zero attached hydrogens (tertiary/aromatic N) is 1. The Bertz CT molecular complexity index is 979. The van der Waals surface area contributed by atoms with Crippen LogP contribution in [0, 0.1) is 0 Å². The fourth-order valence-corrected chi connectivity index (χ4v) is 4.21. The van der Waals surface area contributed by atoms with Gasteiger partial charge in [0.05, 0.1) is 11.5 Å². The van der Waals surface area contributed by atoms with Crippen LogP contribution in [0.15, 0.2) is 72.1 Å². The van der Waals surface area contributed by atoms with Gasteiger partial charge in [0.1, 0.15) is 18.4 Å². The first-order valence-corrected chi connectivity index (χ1v) is 12.1. The van der Waals surface area contributed by atoms with Crippen LogP contribution in [-0.2, 0) is 30.9 Å². The number of ether oxygens (including phenoxy) is 1. The summed E-state index contributed by atoms with van der Waals surface area (Å²) in [6.45, 7) is 4.55. The second-order valence-corrected chi connectivity index (χ2v) is 9.26. The number of carbonyl (C=O) groups is 1. The van der Waals surface area contributed by atoms with Crippen molar-refractivity contribution in [1.82, 2.24) is 10.5 Å². The zero-order chi connectivity index (χ0) is 22.8. The molecule has 0 aromatic heterocycles. The monoisotopic (exact) mass is 460 g/mol. The summed E-state index contributed by atoms with van der Waals surface area (Å²) < 4.78 is 31.1. The smallest absolute Gasteiger partial charge is 0.263 e. The maximum Gasteiger partial charge on any atom is 0.263 e. The van der Waals surface area contributed by atoms with Gasteiger partial charge in [-0.3, -0.25) is 14.5 Å². The topological polar surface area (TPSA) is 94.2 Å². The number of carbonyl (C=O) groups excluding carboxylic acids is 1. The molecule has 1 heterocycles. The highest BCUT2D eigenvalue weighted by Crippen LogP contribution is 2.21. The first kappa shape index (κ1) is 23.9. The van der Waals surface area contributed by atoms with Crippen LogP contribution < -0.4 is 10.2 Å². The molecular formula is C23H28N2O6S. The van der Waals surface area contributed by atoms with E-state index in [1.807, 2.05) is 30.3 Å². The van der Waals surface area contributed by atoms with E-state index in [0.29, 0.717) is 25.3 Å². The molecule has 0 aliphatic carbocycles. The van der Waals surface area contributed by atoms with Crippen molar-refractivity contribution >= 4 is 15.7 Å². The van der Waals surface area contributed by atoms with E-state index < -0.39 is 21.8 Å². The molecule has 32 heavy (non-hydrogen) atoms. The summed E-state index contributed by atoms with van der Waals surface area (Å²) in [5, 5.41) is 1.42. The van der Waals surface area contributed by atoms with Gasteiger partial charge in [-0.2, -0.15) is 5.06 Å². The molecule has 8 nitrogen and oxygen atoms in total. The molecule has 2 aromatic rings. The van der Waals surface area contributed by atoms with E-state index >= 15 is 0 Å². The van der Waals surface area contributed by atoms with Gasteiger partial charge in [0.15, 0.2) is 5.94 Å². The molecular weight excluding hydrogens is 432 g/mol. The SMILES string of the molecule is C=CCONC(=O)C1CCCCN1OCS(=O)(=O)c1ccc(OCc2ccccc2)cc1. The number of piperidine rings is 1. The highest BCUT2D eigenvalue weighted by Gasteiger charge is 2.31. The number of hydrogen-bond donors (Lipinski definition) is 1. The molecule has 172 valence electrons. The van der Waals surface area contributed by atoms with Gasteiger partial charge in [-0.05, 0) is 49.1 Å². The van der Waals surface area contributed by atoms with E-state index in [1.54, 1.807) is 12.1 Å². The van der Waals surface area contributed by atoms with Crippen molar-refractivity contribution in [2.75, 3.05) is 19.1 Å². The van der Waals surface area contributed by atoms with Gasteiger partial charge in [0.2, 0.25) is 9.84 Å². The Balaban J connectivity index is 1.55. The molecule has 0 spiro atoms. The van der Waals surface area contributed by atoms with Gasteiger partial charge >= 0.3 is 0 Å². The number of hydrogen-bond acceptors (Lipinski definition) is 7. The molecule has 3 rings (SSSR count). The molecule has 0 saturated carbocycles. The number of rotatable bonds is 11. The lowest BCUT2D eigenvalue weighted by Crippen LogP contribution is -2.49. The first-order chi connectivity index (χ1) is 15.5. The lowest BCUT2D eigenvalue weighted by atomic mass is 10.0. The third-order valence-corrected chi connectivity index (χ3v) is 6.34. The maximum atomic E-state index is 12.7. The Hall–Kier alpha value is -2.72. The molecule has 9 heteroatoms. The predicted octanol–water partition coefficient (Wildman–Crippen LogP) is 3.02. The molecule has 0 bridgehead atoms. The summed E-state index contributed by atoms with van der Waals surface area (Å²) in [4.78, 5) is 23.0. The number of amides is 1. The Labute approximate surface area is 188 Å². The largest absolute Gasteiger partial charge is 0.489 e. The lowest BCUT2D eigenvalue weighted by Gasteiger charge is -2.33. The maximum absolute atomic E-state index is 12.7. The molecule has 1 aliphatic rings. The summed E-state index contributed by atoms with van der Waals surface area (Å²) >= 11 is 0. The van der Waals surface area contributed by atoms with E-state index in [-0.39, 0.29) is 17.4 Å². The van der Waals surface area contributed by atoms with Crippen molar-refractivity contribution < 1.29 is 27.6 Å². The molecule has 1 saturated heterocycles. The van der Waals surface area contributed by atoms with Crippen molar-refractivity contribution in [3.8, 4) is 5.75 Å². The molecule has 1 N–H and O–H groups in total. The predicted molar refractivity (Wildman–Crippen MR) is 119 cm³/mol. The van der Waals surface area contributed by atoms with E-state index in [1.165, 1.54) is 23.3 Å². The second kappa shape index (κ2) is 11.8. The zero-order valence-corrected chi connectivity index (χ0v) is 18.6. The number of benzene rings is 2. The van der Waals surface area contributed by atoms with Crippen LogP contribution in [0.5, 0.6) is 5.75 Å². The van der Waals surface area contributed by atoms with Crippen molar-refractivity contribution in [1.29, 1.82) is 0 Å². The van der Waals surface area contributed by atoms with Crippen LogP contribution >= 0.6 is 0 Å². The first-order valence-electron chi connectivity index (χ1n) is 10.4. The van der Waals surface area contributed by atoms with Crippen molar-refractivity contribution in [3.05, 3.63) is 72.8 Å². The highest BCUT2D eigenvalue weighted by molar-refractivity contribution is 7.91. The van der Waals surface area contributed by atoms with Gasteiger partial charge in [0, 0.05) is 6.54 Å². The fraction of sp³-hybridized carbons (Fsp3) is 0.348. The molecule has 1 aliphatic heterocycles. The molecule has 0 radical (unpaired) electrons. The molecule has 1 unspecified atom stereocenters. The minimum absolute atomic E-state index is 0.122. The van der Waals surface area contributed by atoms with Crippen LogP contribution in [0.3, 0.4) is 0 Å². The standard InChI is InChI=1S/C23H28N2O6S/c1-2-16-30-24-23(26)22-10-6-7-15-25(22)31-18-32(27,28)21-13-11-20(12-14-21)29-17-19-8-4-3-5-9-19/h2-5,8-9,11-14,22H,1,6-7,10,15-18H2,(H,24,26). The van der Waals surface area contributed by atoms with Gasteiger partial charge < -0.3 is 4.74 Å². The van der Waals surface area contributed by atoms with Crippen molar-refractivity contribution in [2.24, 2.45) is 0 Å². The summed E-state index contributed by atoms with van der Waals surface area (Å²) in [6, 6.07) is 15.3. The number of sulfone groups is 1. The third-order valence-electron chi connectivity index (χ3n) is 4.94. The Morgan fingerprint density at radius 2 is 1.88 bits per heavy atom. The Morgan fingerprint density at radius 3 is 2.59 bits per heavy atom. The fourth-order valence-electron chi connectivity index (χ4n) is 3.25. The lowest BCUT2D eigenvalue weighted by molar-refractivity contribution is -0.193. The van der Waals surface area contributed by atoms with E-state index in [2.05, 4.69) is 12.1 Å². The Morgan fingerprint density at radius 1 is 1.12 bits per heavy atom. The number of nitrogens with one attached hydrogen (secondary N) is 1. The molecule has 2 aromatic carbocycles. The van der Waals surface area contributed by atoms with E-state index in [0.717, 1.165) is 18.4 Å². The minimum atomic E-state index is -3.71. The molecule has 1 atom stereocenters. The van der Waals surface area contributed by atoms with Gasteiger partial charge in [-0.15, -0.1) is 6.58 Å². The van der Waals surface area contributed by atoms with Crippen molar-refractivity contribution in [3.63, 3.8) is 0 Å². The summed E-state index contributed by atoms with van der Waals surface area (Å²) in [5.74, 6) is -0.362. The minimum Gasteiger partial charge on any atom is -0.489 e. The van der Waals surface area contributed by atoms with Crippen molar-refractivity contribution in [2.45, 2.75) is 36.8 Å². The van der Waals surface area contributed by atoms with Crippen LogP contribution in [0.25, 0.3) is 0 Å². The average molecular weight is 461 g/mol. The summed E-state index contributed by atoms with van der Waals surface area (Å²) in [6.07, 6.45) is 3.72. The van der Waals surface area contributed by atoms with E-state index in [9.17, 15) is 13.2 Å². The molecule has 1 fully saturated rings. The van der Waals surface area contributed by atoms with Crippen LogP contribution in [0.2, 0.25) is 0 Å². The summed E-state index contributed by atoms with van der Waals surface area (Å²) in [7, 11) is -3.71. The van der Waals surface area contributed by atoms with Gasteiger partial charge in [-0.25, -0.2) is 13.9 Å². The highest BCUT2D eigenvalue weighted by atomic mass is 32.2. The third kappa shape index (κ3) is 6.89. The zero-order valence-electron chi connectivity index (χ0n) is 17.8. The summed E-state index contributed by atoms with van der Waals surface area (Å²) in [5.41, 5.74) is 3.37. The van der Waals surface area contributed by atoms with Crippen LogP contribution in [0.1, 0.15) is 24.8 Å². The average Bonchev–Trinajstić information content (AvgIpc) is 2.83. The normalized spacial score (nSPS) is 16.9. The Kier molecular flexibility index (Phi) is 8.81.